The summed E-state index contributed by atoms with van der Waals surface area (Å²) in [6.45, 7) is 1.84. The molecule has 2 aromatic rings. The second kappa shape index (κ2) is 7.58. The van der Waals surface area contributed by atoms with Crippen LogP contribution in [0.4, 0.5) is 9.93 Å². The fourth-order valence-corrected chi connectivity index (χ4v) is 2.42. The van der Waals surface area contributed by atoms with Crippen molar-refractivity contribution >= 4 is 22.5 Å². The van der Waals surface area contributed by atoms with Crippen molar-refractivity contribution in [3.63, 3.8) is 0 Å². The van der Waals surface area contributed by atoms with Gasteiger partial charge in [-0.3, -0.25) is 5.32 Å². The number of carbonyl (C=O) groups is 1. The first-order chi connectivity index (χ1) is 11.0. The lowest BCUT2D eigenvalue weighted by Gasteiger charge is -2.18. The van der Waals surface area contributed by atoms with E-state index in [-0.39, 0.29) is 12.6 Å². The molecular weight excluding hydrogens is 316 g/mol. The zero-order chi connectivity index (χ0) is 16.8. The van der Waals surface area contributed by atoms with Gasteiger partial charge in [0.2, 0.25) is 5.06 Å². The SMILES string of the molecule is C[C@H](O)CN(C)C(=O)Nc1ncc(Oc2ccc(C#N)cc2)s1. The number of aromatic nitrogens is 1. The normalized spacial score (nSPS) is 11.4. The van der Waals surface area contributed by atoms with Crippen LogP contribution in [0.5, 0.6) is 10.8 Å². The van der Waals surface area contributed by atoms with Crippen molar-refractivity contribution in [2.24, 2.45) is 0 Å². The van der Waals surface area contributed by atoms with E-state index in [1.54, 1.807) is 38.2 Å². The van der Waals surface area contributed by atoms with Gasteiger partial charge in [-0.05, 0) is 31.2 Å². The van der Waals surface area contributed by atoms with Crippen LogP contribution in [0.25, 0.3) is 0 Å². The second-order valence-corrected chi connectivity index (χ2v) is 5.88. The van der Waals surface area contributed by atoms with Gasteiger partial charge in [-0.15, -0.1) is 0 Å². The number of nitrogens with zero attached hydrogens (tertiary/aromatic N) is 3. The van der Waals surface area contributed by atoms with Crippen LogP contribution in [-0.4, -0.2) is 40.7 Å². The van der Waals surface area contributed by atoms with E-state index in [0.29, 0.717) is 21.5 Å². The highest BCUT2D eigenvalue weighted by Gasteiger charge is 2.13. The molecule has 7 nitrogen and oxygen atoms in total. The van der Waals surface area contributed by atoms with Crippen molar-refractivity contribution in [2.45, 2.75) is 13.0 Å². The number of amides is 2. The molecular formula is C15H16N4O3S. The predicted molar refractivity (Wildman–Crippen MR) is 86.7 cm³/mol. The number of anilines is 1. The van der Waals surface area contributed by atoms with Gasteiger partial charge in [0, 0.05) is 13.6 Å². The molecule has 1 atom stereocenters. The number of nitriles is 1. The molecule has 0 aliphatic heterocycles. The van der Waals surface area contributed by atoms with Gasteiger partial charge >= 0.3 is 6.03 Å². The third kappa shape index (κ3) is 4.95. The summed E-state index contributed by atoms with van der Waals surface area (Å²) >= 11 is 1.18. The maximum atomic E-state index is 11.9. The largest absolute Gasteiger partial charge is 0.445 e. The standard InChI is InChI=1S/C15H16N4O3S/c1-10(20)9-19(2)15(21)18-14-17-8-13(23-14)22-12-5-3-11(7-16)4-6-12/h3-6,8,10,20H,9H2,1-2H3,(H,17,18,21)/t10-/m0/s1. The van der Waals surface area contributed by atoms with E-state index in [1.807, 2.05) is 6.07 Å². The number of ether oxygens (including phenoxy) is 1. The van der Waals surface area contributed by atoms with Gasteiger partial charge in [0.25, 0.3) is 0 Å². The molecule has 0 saturated carbocycles. The molecule has 1 heterocycles. The molecule has 1 aromatic heterocycles. The van der Waals surface area contributed by atoms with Gasteiger partial charge in [-0.1, -0.05) is 11.3 Å². The summed E-state index contributed by atoms with van der Waals surface area (Å²) in [6.07, 6.45) is 0.907. The van der Waals surface area contributed by atoms with Gasteiger partial charge in [-0.2, -0.15) is 5.26 Å². The highest BCUT2D eigenvalue weighted by molar-refractivity contribution is 7.17. The highest BCUT2D eigenvalue weighted by atomic mass is 32.1. The Morgan fingerprint density at radius 3 is 2.83 bits per heavy atom. The number of aliphatic hydroxyl groups is 1. The summed E-state index contributed by atoms with van der Waals surface area (Å²) in [6, 6.07) is 8.36. The van der Waals surface area contributed by atoms with Crippen molar-refractivity contribution in [1.82, 2.24) is 9.88 Å². The molecule has 0 aliphatic rings. The second-order valence-electron chi connectivity index (χ2n) is 4.88. The number of aliphatic hydroxyl groups excluding tert-OH is 1. The van der Waals surface area contributed by atoms with E-state index < -0.39 is 6.10 Å². The minimum atomic E-state index is -0.600. The third-order valence-electron chi connectivity index (χ3n) is 2.78. The Labute approximate surface area is 137 Å². The van der Waals surface area contributed by atoms with Crippen molar-refractivity contribution in [3.05, 3.63) is 36.0 Å². The topological polar surface area (TPSA) is 98.5 Å². The van der Waals surface area contributed by atoms with Crippen LogP contribution in [0, 0.1) is 11.3 Å². The maximum absolute atomic E-state index is 11.9. The number of benzene rings is 1. The molecule has 0 fully saturated rings. The van der Waals surface area contributed by atoms with E-state index in [0.717, 1.165) is 0 Å². The molecule has 2 amide bonds. The van der Waals surface area contributed by atoms with Crippen molar-refractivity contribution in [2.75, 3.05) is 18.9 Å². The summed E-state index contributed by atoms with van der Waals surface area (Å²) in [4.78, 5) is 17.3. The number of thiazole rings is 1. The summed E-state index contributed by atoms with van der Waals surface area (Å²) in [5, 5.41) is 21.6. The highest BCUT2D eigenvalue weighted by Crippen LogP contribution is 2.30. The molecule has 1 aromatic carbocycles. The van der Waals surface area contributed by atoms with Gasteiger partial charge in [0.1, 0.15) is 5.75 Å². The van der Waals surface area contributed by atoms with Crippen LogP contribution in [0.1, 0.15) is 12.5 Å². The number of likely N-dealkylation sites (N-methyl/N-ethyl adjacent to an activating group) is 1. The average Bonchev–Trinajstić information content (AvgIpc) is 2.94. The third-order valence-corrected chi connectivity index (χ3v) is 3.58. The minimum absolute atomic E-state index is 0.228. The van der Waals surface area contributed by atoms with Gasteiger partial charge in [0.15, 0.2) is 5.13 Å². The Bertz CT molecular complexity index is 706. The number of carbonyl (C=O) groups excluding carboxylic acids is 1. The van der Waals surface area contributed by atoms with Crippen molar-refractivity contribution < 1.29 is 14.6 Å². The first-order valence-electron chi connectivity index (χ1n) is 6.82. The maximum Gasteiger partial charge on any atom is 0.323 e. The number of urea groups is 1. The zero-order valence-corrected chi connectivity index (χ0v) is 13.5. The van der Waals surface area contributed by atoms with Gasteiger partial charge in [0.05, 0.1) is 23.9 Å². The van der Waals surface area contributed by atoms with Crippen LogP contribution < -0.4 is 10.1 Å². The molecule has 0 saturated heterocycles. The number of rotatable bonds is 5. The zero-order valence-electron chi connectivity index (χ0n) is 12.7. The smallest absolute Gasteiger partial charge is 0.323 e. The van der Waals surface area contributed by atoms with Crippen molar-refractivity contribution in [1.29, 1.82) is 5.26 Å². The molecule has 0 unspecified atom stereocenters. The van der Waals surface area contributed by atoms with Gasteiger partial charge < -0.3 is 14.7 Å². The molecule has 0 radical (unpaired) electrons. The fraction of sp³-hybridized carbons (Fsp3) is 0.267. The first-order valence-corrected chi connectivity index (χ1v) is 7.63. The summed E-state index contributed by atoms with van der Waals surface area (Å²) < 4.78 is 5.61. The molecule has 120 valence electrons. The molecule has 2 N–H and O–H groups in total. The summed E-state index contributed by atoms with van der Waals surface area (Å²) in [5.74, 6) is 0.580. The van der Waals surface area contributed by atoms with Crippen LogP contribution in [0.15, 0.2) is 30.5 Å². The minimum Gasteiger partial charge on any atom is -0.445 e. The van der Waals surface area contributed by atoms with E-state index in [9.17, 15) is 9.90 Å². The summed E-state index contributed by atoms with van der Waals surface area (Å²) in [5.41, 5.74) is 0.552. The fourth-order valence-electron chi connectivity index (χ4n) is 1.74. The quantitative estimate of drug-likeness (QED) is 0.877. The molecule has 23 heavy (non-hydrogen) atoms. The number of hydrogen-bond donors (Lipinski definition) is 2. The molecule has 0 spiro atoms. The lowest BCUT2D eigenvalue weighted by Crippen LogP contribution is -2.36. The van der Waals surface area contributed by atoms with Gasteiger partial charge in [-0.25, -0.2) is 9.78 Å². The number of hydrogen-bond acceptors (Lipinski definition) is 6. The Morgan fingerprint density at radius 2 is 2.22 bits per heavy atom. The first kappa shape index (κ1) is 16.7. The molecule has 2 rings (SSSR count). The Hall–Kier alpha value is -2.63. The van der Waals surface area contributed by atoms with Crippen LogP contribution >= 0.6 is 11.3 Å². The van der Waals surface area contributed by atoms with Crippen LogP contribution in [-0.2, 0) is 0 Å². The molecule has 0 aliphatic carbocycles. The molecule has 0 bridgehead atoms. The Balaban J connectivity index is 1.95. The Morgan fingerprint density at radius 1 is 1.52 bits per heavy atom. The number of nitrogens with one attached hydrogen (secondary N) is 1. The monoisotopic (exact) mass is 332 g/mol. The average molecular weight is 332 g/mol. The van der Waals surface area contributed by atoms with Crippen LogP contribution in [0.2, 0.25) is 0 Å². The van der Waals surface area contributed by atoms with E-state index in [2.05, 4.69) is 10.3 Å². The lowest BCUT2D eigenvalue weighted by atomic mass is 10.2. The van der Waals surface area contributed by atoms with E-state index in [4.69, 9.17) is 10.00 Å². The lowest BCUT2D eigenvalue weighted by molar-refractivity contribution is 0.149. The summed E-state index contributed by atoms with van der Waals surface area (Å²) in [7, 11) is 1.59. The van der Waals surface area contributed by atoms with E-state index in [1.165, 1.54) is 22.4 Å². The van der Waals surface area contributed by atoms with Crippen molar-refractivity contribution in [3.8, 4) is 16.9 Å². The van der Waals surface area contributed by atoms with Crippen LogP contribution in [0.3, 0.4) is 0 Å². The Kier molecular flexibility index (Phi) is 5.51. The molecule has 8 heteroatoms. The predicted octanol–water partition coefficient (Wildman–Crippen LogP) is 2.65. The van der Waals surface area contributed by atoms with E-state index >= 15 is 0 Å².